The smallest absolute Gasteiger partial charge is 0.137 e. The van der Waals surface area contributed by atoms with E-state index in [1.54, 1.807) is 6.08 Å². The largest absolute Gasteiger partial charge is 0.492 e. The van der Waals surface area contributed by atoms with Gasteiger partial charge in [-0.25, -0.2) is 0 Å². The molecule has 0 bridgehead atoms. The molecule has 1 unspecified atom stereocenters. The average Bonchev–Trinajstić information content (AvgIpc) is 2.34. The van der Waals surface area contributed by atoms with Crippen LogP contribution in [0.15, 0.2) is 30.9 Å². The maximum atomic E-state index is 9.15. The standard InChI is InChI=1S/C14H16NO/c1-4-9-16-14-8-6-7-12(11(3)5-2)13(14)10-15/h5-8,11H,2-4,9H2,1H3. The first kappa shape index (κ1) is 12.3. The van der Waals surface area contributed by atoms with E-state index in [0.717, 1.165) is 12.0 Å². The zero-order chi connectivity index (χ0) is 12.0. The Balaban J connectivity index is 3.11. The lowest BCUT2D eigenvalue weighted by atomic mass is 9.96. The summed E-state index contributed by atoms with van der Waals surface area (Å²) >= 11 is 0. The van der Waals surface area contributed by atoms with E-state index in [1.165, 1.54) is 0 Å². The van der Waals surface area contributed by atoms with Gasteiger partial charge in [0, 0.05) is 5.92 Å². The molecule has 0 aliphatic rings. The minimum atomic E-state index is -0.0835. The Hall–Kier alpha value is -1.75. The zero-order valence-electron chi connectivity index (χ0n) is 9.57. The fourth-order valence-electron chi connectivity index (χ4n) is 1.44. The van der Waals surface area contributed by atoms with Gasteiger partial charge in [-0.15, -0.1) is 6.58 Å². The van der Waals surface area contributed by atoms with Crippen LogP contribution in [0.3, 0.4) is 0 Å². The lowest BCUT2D eigenvalue weighted by molar-refractivity contribution is 0.316. The van der Waals surface area contributed by atoms with Crippen LogP contribution in [0.25, 0.3) is 0 Å². The molecule has 2 heteroatoms. The van der Waals surface area contributed by atoms with Gasteiger partial charge in [0.05, 0.1) is 12.2 Å². The third-order valence-electron chi connectivity index (χ3n) is 2.32. The summed E-state index contributed by atoms with van der Waals surface area (Å²) in [6, 6.07) is 7.75. The van der Waals surface area contributed by atoms with Gasteiger partial charge in [-0.3, -0.25) is 0 Å². The van der Waals surface area contributed by atoms with Gasteiger partial charge in [-0.2, -0.15) is 5.26 Å². The van der Waals surface area contributed by atoms with E-state index in [4.69, 9.17) is 10.00 Å². The number of allylic oxidation sites excluding steroid dienone is 1. The predicted molar refractivity (Wildman–Crippen MR) is 65.2 cm³/mol. The van der Waals surface area contributed by atoms with Crippen LogP contribution in [0.1, 0.15) is 30.4 Å². The molecule has 1 atom stereocenters. The molecular weight excluding hydrogens is 198 g/mol. The second kappa shape index (κ2) is 5.97. The van der Waals surface area contributed by atoms with Crippen molar-refractivity contribution in [2.45, 2.75) is 19.3 Å². The molecule has 0 fully saturated rings. The van der Waals surface area contributed by atoms with Crippen molar-refractivity contribution >= 4 is 0 Å². The van der Waals surface area contributed by atoms with E-state index < -0.39 is 0 Å². The number of nitriles is 1. The fraction of sp³-hybridized carbons (Fsp3) is 0.286. The summed E-state index contributed by atoms with van der Waals surface area (Å²) in [6.45, 7) is 10.3. The molecule has 16 heavy (non-hydrogen) atoms. The summed E-state index contributed by atoms with van der Waals surface area (Å²) < 4.78 is 5.53. The van der Waals surface area contributed by atoms with Crippen LogP contribution in [0.4, 0.5) is 0 Å². The maximum absolute atomic E-state index is 9.15. The van der Waals surface area contributed by atoms with Gasteiger partial charge in [0.2, 0.25) is 0 Å². The summed E-state index contributed by atoms with van der Waals surface area (Å²) in [5.74, 6) is 0.553. The monoisotopic (exact) mass is 214 g/mol. The van der Waals surface area contributed by atoms with E-state index in [2.05, 4.69) is 19.6 Å². The van der Waals surface area contributed by atoms with E-state index >= 15 is 0 Å². The number of benzene rings is 1. The Bertz CT molecular complexity index is 404. The summed E-state index contributed by atoms with van der Waals surface area (Å²) in [4.78, 5) is 0. The Labute approximate surface area is 97.2 Å². The molecule has 1 rings (SSSR count). The molecule has 0 aromatic heterocycles. The molecule has 0 aliphatic carbocycles. The second-order valence-corrected chi connectivity index (χ2v) is 3.52. The molecule has 0 N–H and O–H groups in total. The third kappa shape index (κ3) is 2.64. The number of hydrogen-bond acceptors (Lipinski definition) is 2. The first-order chi connectivity index (χ1) is 7.74. The SMILES string of the molecule is [CH2]C(C=C)c1cccc(OCCC)c1C#N. The summed E-state index contributed by atoms with van der Waals surface area (Å²) in [5.41, 5.74) is 1.43. The first-order valence-electron chi connectivity index (χ1n) is 5.36. The Morgan fingerprint density at radius 3 is 2.88 bits per heavy atom. The van der Waals surface area contributed by atoms with E-state index in [-0.39, 0.29) is 5.92 Å². The molecule has 1 radical (unpaired) electrons. The number of rotatable bonds is 5. The highest BCUT2D eigenvalue weighted by Gasteiger charge is 2.12. The van der Waals surface area contributed by atoms with Gasteiger partial charge in [-0.05, 0) is 25.0 Å². The van der Waals surface area contributed by atoms with Gasteiger partial charge < -0.3 is 4.74 Å². The lowest BCUT2D eigenvalue weighted by Crippen LogP contribution is -2.01. The van der Waals surface area contributed by atoms with Crippen LogP contribution in [-0.4, -0.2) is 6.61 Å². The van der Waals surface area contributed by atoms with Crippen molar-refractivity contribution in [1.29, 1.82) is 5.26 Å². The highest BCUT2D eigenvalue weighted by molar-refractivity contribution is 5.51. The molecule has 2 nitrogen and oxygen atoms in total. The molecule has 83 valence electrons. The quantitative estimate of drug-likeness (QED) is 0.703. The van der Waals surface area contributed by atoms with Crippen molar-refractivity contribution in [3.8, 4) is 11.8 Å². The Morgan fingerprint density at radius 1 is 1.56 bits per heavy atom. The zero-order valence-corrected chi connectivity index (χ0v) is 9.57. The van der Waals surface area contributed by atoms with Crippen LogP contribution in [0, 0.1) is 18.3 Å². The molecular formula is C14H16NO. The van der Waals surface area contributed by atoms with Gasteiger partial charge in [0.25, 0.3) is 0 Å². The third-order valence-corrected chi connectivity index (χ3v) is 2.32. The molecule has 1 aromatic rings. The first-order valence-corrected chi connectivity index (χ1v) is 5.36. The van der Waals surface area contributed by atoms with Gasteiger partial charge >= 0.3 is 0 Å². The number of ether oxygens (including phenoxy) is 1. The fourth-order valence-corrected chi connectivity index (χ4v) is 1.44. The van der Waals surface area contributed by atoms with Crippen LogP contribution in [0.5, 0.6) is 5.75 Å². The van der Waals surface area contributed by atoms with E-state index in [0.29, 0.717) is 17.9 Å². The van der Waals surface area contributed by atoms with Crippen molar-refractivity contribution < 1.29 is 4.74 Å². The highest BCUT2D eigenvalue weighted by Crippen LogP contribution is 2.27. The molecule has 0 spiro atoms. The van der Waals surface area contributed by atoms with Gasteiger partial charge in [0.1, 0.15) is 11.8 Å². The second-order valence-electron chi connectivity index (χ2n) is 3.52. The van der Waals surface area contributed by atoms with Gasteiger partial charge in [0.15, 0.2) is 0 Å². The van der Waals surface area contributed by atoms with Crippen molar-refractivity contribution in [3.05, 3.63) is 48.9 Å². The normalized spacial score (nSPS) is 11.6. The summed E-state index contributed by atoms with van der Waals surface area (Å²) in [6.07, 6.45) is 2.64. The van der Waals surface area contributed by atoms with Crippen molar-refractivity contribution in [3.63, 3.8) is 0 Å². The topological polar surface area (TPSA) is 33.0 Å². The lowest BCUT2D eigenvalue weighted by Gasteiger charge is -2.12. The summed E-state index contributed by atoms with van der Waals surface area (Å²) in [5, 5.41) is 9.15. The summed E-state index contributed by atoms with van der Waals surface area (Å²) in [7, 11) is 0. The molecule has 0 heterocycles. The average molecular weight is 214 g/mol. The van der Waals surface area contributed by atoms with E-state index in [9.17, 15) is 0 Å². The molecule has 1 aromatic carbocycles. The Kier molecular flexibility index (Phi) is 4.60. The molecule has 0 aliphatic heterocycles. The number of hydrogen-bond donors (Lipinski definition) is 0. The van der Waals surface area contributed by atoms with Crippen LogP contribution < -0.4 is 4.74 Å². The minimum Gasteiger partial charge on any atom is -0.492 e. The van der Waals surface area contributed by atoms with Crippen molar-refractivity contribution in [2.75, 3.05) is 6.61 Å². The minimum absolute atomic E-state index is 0.0835. The van der Waals surface area contributed by atoms with Gasteiger partial charge in [-0.1, -0.05) is 25.1 Å². The van der Waals surface area contributed by atoms with Crippen LogP contribution in [-0.2, 0) is 0 Å². The van der Waals surface area contributed by atoms with Crippen molar-refractivity contribution in [2.24, 2.45) is 0 Å². The Morgan fingerprint density at radius 2 is 2.31 bits per heavy atom. The van der Waals surface area contributed by atoms with E-state index in [1.807, 2.05) is 25.1 Å². The highest BCUT2D eigenvalue weighted by atomic mass is 16.5. The number of nitrogens with zero attached hydrogens (tertiary/aromatic N) is 1. The molecule has 0 amide bonds. The van der Waals surface area contributed by atoms with Crippen LogP contribution in [0.2, 0.25) is 0 Å². The van der Waals surface area contributed by atoms with Crippen molar-refractivity contribution in [1.82, 2.24) is 0 Å². The van der Waals surface area contributed by atoms with Crippen LogP contribution >= 0.6 is 0 Å². The molecule has 0 saturated carbocycles. The maximum Gasteiger partial charge on any atom is 0.137 e. The predicted octanol–water partition coefficient (Wildman–Crippen LogP) is 3.45. The molecule has 0 saturated heterocycles.